The minimum absolute atomic E-state index is 0. The molecule has 12 rings (SSSR count). The van der Waals surface area contributed by atoms with E-state index in [-0.39, 0.29) is 42.1 Å². The molecule has 0 N–H and O–H groups in total. The van der Waals surface area contributed by atoms with Crippen LogP contribution in [0.3, 0.4) is 0 Å². The Morgan fingerprint density at radius 3 is 1.01 bits per heavy atom. The second-order valence-corrected chi connectivity index (χ2v) is 21.2. The number of nitrogens with zero attached hydrogens (tertiary/aromatic N) is 10. The van der Waals surface area contributed by atoms with Gasteiger partial charge in [0.05, 0.1) is 11.4 Å². The zero-order valence-electron chi connectivity index (χ0n) is 49.8. The van der Waals surface area contributed by atoms with Gasteiger partial charge < -0.3 is 40.2 Å². The van der Waals surface area contributed by atoms with E-state index in [1.807, 2.05) is 182 Å². The zero-order valence-corrected chi connectivity index (χ0v) is 54.4. The number of pyridine rings is 2. The van der Waals surface area contributed by atoms with E-state index in [0.717, 1.165) is 57.1 Å². The molecule has 0 saturated carbocycles. The van der Waals surface area contributed by atoms with Gasteiger partial charge in [-0.3, -0.25) is 0 Å². The third kappa shape index (κ3) is 16.9. The van der Waals surface area contributed by atoms with Crippen molar-refractivity contribution in [2.45, 2.75) is 79.1 Å². The van der Waals surface area contributed by atoms with Gasteiger partial charge in [0.25, 0.3) is 0 Å². The van der Waals surface area contributed by atoms with Gasteiger partial charge in [-0.15, -0.1) is 24.7 Å². The van der Waals surface area contributed by atoms with Crippen molar-refractivity contribution in [2.75, 3.05) is 19.6 Å². The quantitative estimate of drug-likeness (QED) is 0.0612. The van der Waals surface area contributed by atoms with Crippen LogP contribution in [0.15, 0.2) is 253 Å². The minimum Gasteiger partial charge on any atom is -0.478 e. The van der Waals surface area contributed by atoms with E-state index in [1.165, 1.54) is 33.6 Å². The number of anilines is 8. The molecule has 0 aliphatic carbocycles. The van der Waals surface area contributed by atoms with Crippen molar-refractivity contribution in [3.63, 3.8) is 0 Å². The van der Waals surface area contributed by atoms with Crippen LogP contribution in [0.2, 0.25) is 0 Å². The third-order valence-corrected chi connectivity index (χ3v) is 13.9. The molecule has 8 aromatic carbocycles. The summed E-state index contributed by atoms with van der Waals surface area (Å²) in [6.07, 6.45) is 6.85. The van der Waals surface area contributed by atoms with Crippen LogP contribution >= 0.6 is 0 Å². The van der Waals surface area contributed by atoms with Crippen LogP contribution in [0.1, 0.15) is 101 Å². The molecule has 0 fully saturated rings. The van der Waals surface area contributed by atoms with E-state index in [9.17, 15) is 0 Å². The van der Waals surface area contributed by atoms with Gasteiger partial charge in [-0.25, -0.2) is 9.97 Å². The predicted octanol–water partition coefficient (Wildman–Crippen LogP) is 21.2. The van der Waals surface area contributed by atoms with Gasteiger partial charge in [0.2, 0.25) is 0 Å². The number of benzene rings is 8. The first-order chi connectivity index (χ1) is 41.0. The van der Waals surface area contributed by atoms with Crippen molar-refractivity contribution in [1.82, 2.24) is 9.97 Å². The molecule has 0 unspecified atom stereocenters. The second kappa shape index (κ2) is 32.7. The molecule has 0 bridgehead atoms. The standard InChI is InChI=1S/2C24H25N3.2C13H11N2.2Pt/c2*1-17(2)20-12-8-13-21(18(3)4)23(20)27-16-26(19-10-6-5-7-11-19)24-22(27)14-9-15-25-24;2*1-3-7-12(8-4-1)14-11-15-13-9-5-2-6-10-13;;/h2*5-10,12-18H,1-4H3;2*1-11H;;/q2*-2;2*-1;;. The largest absolute Gasteiger partial charge is 0.478 e. The molecular formula is C74H72N10Pt2-6. The summed E-state index contributed by atoms with van der Waals surface area (Å²) in [6, 6.07) is 83.4. The van der Waals surface area contributed by atoms with Crippen molar-refractivity contribution in [2.24, 2.45) is 9.98 Å². The third-order valence-electron chi connectivity index (χ3n) is 13.9. The number of hydrogen-bond donors (Lipinski definition) is 0. The van der Waals surface area contributed by atoms with E-state index in [4.69, 9.17) is 0 Å². The van der Waals surface area contributed by atoms with E-state index in [1.54, 1.807) is 12.7 Å². The topological polar surface area (TPSA) is 91.7 Å². The Hall–Kier alpha value is -8.42. The van der Waals surface area contributed by atoms with Crippen LogP contribution in [-0.4, -0.2) is 22.6 Å². The number of aromatic nitrogens is 2. The van der Waals surface area contributed by atoms with E-state index >= 15 is 0 Å². The summed E-state index contributed by atoms with van der Waals surface area (Å²) < 4.78 is 0. The van der Waals surface area contributed by atoms with Crippen LogP contribution in [-0.2, 0) is 42.1 Å². The number of fused-ring (bicyclic) bond motifs is 2. The Kier molecular flexibility index (Phi) is 24.8. The second-order valence-electron chi connectivity index (χ2n) is 21.2. The molecule has 0 atom stereocenters. The fourth-order valence-electron chi connectivity index (χ4n) is 9.73. The maximum Gasteiger partial charge on any atom is 0.124 e. The summed E-state index contributed by atoms with van der Waals surface area (Å²) in [7, 11) is 0. The van der Waals surface area contributed by atoms with Gasteiger partial charge in [-0.05, 0) is 92.9 Å². The van der Waals surface area contributed by atoms with Crippen LogP contribution in [0, 0.1) is 25.5 Å². The molecule has 0 saturated heterocycles. The molecule has 444 valence electrons. The van der Waals surface area contributed by atoms with Gasteiger partial charge >= 0.3 is 0 Å². The Balaban J connectivity index is 0.000000169. The Morgan fingerprint density at radius 1 is 0.372 bits per heavy atom. The SMILES string of the molecule is C(=Nc1ccccc1)[N-]c1ccccc1.C(=Nc1ccccc1)[N-]c1ccccc1.CC(C)c1cccc(C(C)C)c1N1[CH-]N(c2[c-]cccc2)c2ncccc21.CC(C)c1cccc(C(C)C)c1N1[CH-]N(c2[c-]cccc2)c2ncccc21.[Pt].[Pt]. The Bertz CT molecular complexity index is 3370. The number of hydrogen-bond acceptors (Lipinski definition) is 8. The van der Waals surface area contributed by atoms with E-state index in [2.05, 4.69) is 192 Å². The summed E-state index contributed by atoms with van der Waals surface area (Å²) >= 11 is 0. The van der Waals surface area contributed by atoms with Crippen molar-refractivity contribution in [3.05, 3.63) is 301 Å². The van der Waals surface area contributed by atoms with Crippen LogP contribution in [0.4, 0.5) is 68.5 Å². The summed E-state index contributed by atoms with van der Waals surface area (Å²) in [5, 5.41) is 8.42. The molecular weight excluding hydrogens is 1420 g/mol. The van der Waals surface area contributed by atoms with Crippen LogP contribution in [0.25, 0.3) is 10.6 Å². The average Bonchev–Trinajstić information content (AvgIpc) is 3.03. The zero-order chi connectivity index (χ0) is 58.6. The van der Waals surface area contributed by atoms with Crippen molar-refractivity contribution >= 4 is 81.2 Å². The average molecular weight is 1490 g/mol. The number of aliphatic imine (C=N–C) groups is 2. The van der Waals surface area contributed by atoms with Gasteiger partial charge in [0.1, 0.15) is 11.6 Å². The van der Waals surface area contributed by atoms with Crippen LogP contribution in [0.5, 0.6) is 0 Å². The molecule has 0 spiro atoms. The predicted molar refractivity (Wildman–Crippen MR) is 354 cm³/mol. The van der Waals surface area contributed by atoms with Gasteiger partial charge in [0, 0.05) is 65.9 Å². The first-order valence-electron chi connectivity index (χ1n) is 28.7. The Labute approximate surface area is 539 Å². The maximum absolute atomic E-state index is 4.67. The summed E-state index contributed by atoms with van der Waals surface area (Å²) in [5.74, 6) is 3.62. The number of para-hydroxylation sites is 8. The summed E-state index contributed by atoms with van der Waals surface area (Å²) in [4.78, 5) is 26.6. The van der Waals surface area contributed by atoms with E-state index < -0.39 is 0 Å². The first kappa shape index (κ1) is 65.1. The molecule has 2 aromatic heterocycles. The molecule has 12 heteroatoms. The molecule has 0 amide bonds. The maximum atomic E-state index is 4.67. The molecule has 2 aliphatic rings. The van der Waals surface area contributed by atoms with Gasteiger partial charge in [-0.1, -0.05) is 226 Å². The molecule has 10 aromatic rings. The summed E-state index contributed by atoms with van der Waals surface area (Å²) in [5.41, 5.74) is 15.8. The smallest absolute Gasteiger partial charge is 0.124 e. The molecule has 4 heterocycles. The van der Waals surface area contributed by atoms with Gasteiger partial charge in [0.15, 0.2) is 0 Å². The monoisotopic (exact) mass is 1490 g/mol. The molecule has 0 radical (unpaired) electrons. The first-order valence-corrected chi connectivity index (χ1v) is 28.7. The van der Waals surface area contributed by atoms with Crippen molar-refractivity contribution in [3.8, 4) is 0 Å². The van der Waals surface area contributed by atoms with Crippen molar-refractivity contribution < 1.29 is 42.1 Å². The van der Waals surface area contributed by atoms with Crippen molar-refractivity contribution in [1.29, 1.82) is 0 Å². The normalized spacial score (nSPS) is 12.1. The Morgan fingerprint density at radius 2 is 0.698 bits per heavy atom. The minimum atomic E-state index is 0. The number of rotatable bonds is 14. The molecule has 2 aliphatic heterocycles. The summed E-state index contributed by atoms with van der Waals surface area (Å²) in [6.45, 7) is 22.3. The fourth-order valence-corrected chi connectivity index (χ4v) is 9.73. The fraction of sp³-hybridized carbons (Fsp3) is 0.162. The molecule has 10 nitrogen and oxygen atoms in total. The van der Waals surface area contributed by atoms with E-state index in [0.29, 0.717) is 23.7 Å². The van der Waals surface area contributed by atoms with Gasteiger partial charge in [-0.2, -0.15) is 60.7 Å². The molecule has 86 heavy (non-hydrogen) atoms. The van der Waals surface area contributed by atoms with Crippen LogP contribution < -0.4 is 19.6 Å².